The van der Waals surface area contributed by atoms with Crippen molar-refractivity contribution >= 4 is 5.97 Å². The van der Waals surface area contributed by atoms with Gasteiger partial charge in [0, 0.05) is 13.0 Å². The molecule has 0 unspecified atom stereocenters. The highest BCUT2D eigenvalue weighted by Crippen LogP contribution is 2.23. The zero-order valence-corrected chi connectivity index (χ0v) is 11.0. The largest absolute Gasteiger partial charge is 0.488 e. The summed E-state index contributed by atoms with van der Waals surface area (Å²) in [6, 6.07) is 2.43. The molecule has 106 valence electrons. The van der Waals surface area contributed by atoms with Crippen molar-refractivity contribution in [1.29, 1.82) is 0 Å². The molecule has 0 heterocycles. The Kier molecular flexibility index (Phi) is 6.21. The SMILES string of the molecule is CNCc1cc(F)c(OCCCC(=O)OC)c(F)c1. The molecule has 0 atom stereocenters. The first-order chi connectivity index (χ1) is 9.08. The molecule has 0 saturated carbocycles. The van der Waals surface area contributed by atoms with Crippen molar-refractivity contribution in [3.8, 4) is 5.75 Å². The molecule has 4 nitrogen and oxygen atoms in total. The number of halogens is 2. The lowest BCUT2D eigenvalue weighted by atomic mass is 10.2. The number of methoxy groups -OCH3 is 1. The molecule has 0 aliphatic heterocycles. The summed E-state index contributed by atoms with van der Waals surface area (Å²) in [5, 5.41) is 2.80. The highest BCUT2D eigenvalue weighted by Gasteiger charge is 2.12. The van der Waals surface area contributed by atoms with Crippen LogP contribution in [0.4, 0.5) is 8.78 Å². The minimum absolute atomic E-state index is 0.0499. The van der Waals surface area contributed by atoms with E-state index >= 15 is 0 Å². The molecular weight excluding hydrogens is 256 g/mol. The van der Waals surface area contributed by atoms with E-state index in [9.17, 15) is 13.6 Å². The predicted molar refractivity (Wildman–Crippen MR) is 65.9 cm³/mol. The van der Waals surface area contributed by atoms with Gasteiger partial charge in [-0.3, -0.25) is 4.79 Å². The van der Waals surface area contributed by atoms with Gasteiger partial charge in [0.15, 0.2) is 17.4 Å². The van der Waals surface area contributed by atoms with Crippen molar-refractivity contribution < 1.29 is 23.0 Å². The first-order valence-corrected chi connectivity index (χ1v) is 5.90. The first-order valence-electron chi connectivity index (χ1n) is 5.90. The van der Waals surface area contributed by atoms with Crippen LogP contribution in [-0.4, -0.2) is 26.7 Å². The van der Waals surface area contributed by atoms with E-state index in [1.807, 2.05) is 0 Å². The Morgan fingerprint density at radius 2 is 1.95 bits per heavy atom. The number of nitrogens with one attached hydrogen (secondary N) is 1. The van der Waals surface area contributed by atoms with Crippen molar-refractivity contribution in [2.75, 3.05) is 20.8 Å². The molecule has 19 heavy (non-hydrogen) atoms. The standard InChI is InChI=1S/C13H17F2NO3/c1-16-8-9-6-10(14)13(11(15)7-9)19-5-3-4-12(17)18-2/h6-7,16H,3-5,8H2,1-2H3. The summed E-state index contributed by atoms with van der Waals surface area (Å²) < 4.78 is 36.7. The van der Waals surface area contributed by atoms with Gasteiger partial charge in [-0.15, -0.1) is 0 Å². The molecule has 1 aromatic carbocycles. The van der Waals surface area contributed by atoms with Gasteiger partial charge >= 0.3 is 5.97 Å². The summed E-state index contributed by atoms with van der Waals surface area (Å²) in [6.07, 6.45) is 0.487. The molecule has 0 bridgehead atoms. The molecule has 1 rings (SSSR count). The maximum atomic E-state index is 13.6. The van der Waals surface area contributed by atoms with E-state index in [0.717, 1.165) is 0 Å². The van der Waals surface area contributed by atoms with E-state index in [1.165, 1.54) is 19.2 Å². The van der Waals surface area contributed by atoms with Gasteiger partial charge in [0.1, 0.15) is 0 Å². The average molecular weight is 273 g/mol. The van der Waals surface area contributed by atoms with Gasteiger partial charge in [0.2, 0.25) is 0 Å². The molecule has 0 aliphatic carbocycles. The van der Waals surface area contributed by atoms with Gasteiger partial charge in [0.25, 0.3) is 0 Å². The topological polar surface area (TPSA) is 47.6 Å². The number of rotatable bonds is 7. The van der Waals surface area contributed by atoms with Crippen LogP contribution in [0.25, 0.3) is 0 Å². The lowest BCUT2D eigenvalue weighted by molar-refractivity contribution is -0.140. The van der Waals surface area contributed by atoms with Crippen molar-refractivity contribution in [3.63, 3.8) is 0 Å². The number of carbonyl (C=O) groups excluding carboxylic acids is 1. The van der Waals surface area contributed by atoms with Gasteiger partial charge < -0.3 is 14.8 Å². The normalized spacial score (nSPS) is 10.3. The third-order valence-corrected chi connectivity index (χ3v) is 2.44. The van der Waals surface area contributed by atoms with Crippen LogP contribution >= 0.6 is 0 Å². The van der Waals surface area contributed by atoms with Crippen molar-refractivity contribution in [2.45, 2.75) is 19.4 Å². The van der Waals surface area contributed by atoms with Crippen LogP contribution in [0.5, 0.6) is 5.75 Å². The Morgan fingerprint density at radius 1 is 1.32 bits per heavy atom. The zero-order chi connectivity index (χ0) is 14.3. The van der Waals surface area contributed by atoms with Crippen LogP contribution in [0.2, 0.25) is 0 Å². The molecule has 0 aromatic heterocycles. The first kappa shape index (κ1) is 15.4. The van der Waals surface area contributed by atoms with Crippen LogP contribution in [0.1, 0.15) is 18.4 Å². The number of hydrogen-bond acceptors (Lipinski definition) is 4. The predicted octanol–water partition coefficient (Wildman–Crippen LogP) is 2.02. The Hall–Kier alpha value is -1.69. The van der Waals surface area contributed by atoms with Crippen LogP contribution in [0.3, 0.4) is 0 Å². The lowest BCUT2D eigenvalue weighted by Gasteiger charge is -2.09. The Morgan fingerprint density at radius 3 is 2.47 bits per heavy atom. The second kappa shape index (κ2) is 7.68. The lowest BCUT2D eigenvalue weighted by Crippen LogP contribution is -2.08. The smallest absolute Gasteiger partial charge is 0.305 e. The van der Waals surface area contributed by atoms with Crippen LogP contribution < -0.4 is 10.1 Å². The average Bonchev–Trinajstić information content (AvgIpc) is 2.37. The molecule has 0 amide bonds. The summed E-state index contributed by atoms with van der Waals surface area (Å²) in [5.41, 5.74) is 0.499. The fraction of sp³-hybridized carbons (Fsp3) is 0.462. The highest BCUT2D eigenvalue weighted by molar-refractivity contribution is 5.69. The van der Waals surface area contributed by atoms with Gasteiger partial charge in [0.05, 0.1) is 13.7 Å². The minimum Gasteiger partial charge on any atom is -0.488 e. The summed E-state index contributed by atoms with van der Waals surface area (Å²) >= 11 is 0. The van der Waals surface area contributed by atoms with E-state index in [2.05, 4.69) is 10.1 Å². The summed E-state index contributed by atoms with van der Waals surface area (Å²) in [5.74, 6) is -2.29. The highest BCUT2D eigenvalue weighted by atomic mass is 19.1. The van der Waals surface area contributed by atoms with Gasteiger partial charge in [-0.1, -0.05) is 0 Å². The molecule has 0 fully saturated rings. The summed E-state index contributed by atoms with van der Waals surface area (Å²) in [6.45, 7) is 0.421. The molecular formula is C13H17F2NO3. The molecule has 0 saturated heterocycles. The fourth-order valence-corrected chi connectivity index (χ4v) is 1.55. The molecule has 6 heteroatoms. The van der Waals surface area contributed by atoms with E-state index < -0.39 is 17.4 Å². The maximum Gasteiger partial charge on any atom is 0.305 e. The second-order valence-corrected chi connectivity index (χ2v) is 3.95. The van der Waals surface area contributed by atoms with Gasteiger partial charge in [-0.05, 0) is 31.2 Å². The number of hydrogen-bond donors (Lipinski definition) is 1. The molecule has 1 aromatic rings. The molecule has 1 N–H and O–H groups in total. The van der Waals surface area contributed by atoms with Crippen molar-refractivity contribution in [1.82, 2.24) is 5.32 Å². The fourth-order valence-electron chi connectivity index (χ4n) is 1.55. The maximum absolute atomic E-state index is 13.6. The van der Waals surface area contributed by atoms with E-state index in [-0.39, 0.29) is 19.0 Å². The summed E-state index contributed by atoms with van der Waals surface area (Å²) in [7, 11) is 2.97. The van der Waals surface area contributed by atoms with E-state index in [1.54, 1.807) is 7.05 Å². The molecule has 0 radical (unpaired) electrons. The Bertz CT molecular complexity index is 415. The Labute approximate surface area is 110 Å². The van der Waals surface area contributed by atoms with E-state index in [4.69, 9.17) is 4.74 Å². The van der Waals surface area contributed by atoms with Crippen molar-refractivity contribution in [2.24, 2.45) is 0 Å². The number of benzene rings is 1. The minimum atomic E-state index is -0.747. The Balaban J connectivity index is 2.56. The molecule has 0 aliphatic rings. The van der Waals surface area contributed by atoms with Crippen LogP contribution in [-0.2, 0) is 16.1 Å². The molecule has 0 spiro atoms. The number of ether oxygens (including phenoxy) is 2. The summed E-state index contributed by atoms with van der Waals surface area (Å²) in [4.78, 5) is 10.8. The van der Waals surface area contributed by atoms with E-state index in [0.29, 0.717) is 18.5 Å². The quantitative estimate of drug-likeness (QED) is 0.610. The van der Waals surface area contributed by atoms with Crippen LogP contribution in [0, 0.1) is 11.6 Å². The number of carbonyl (C=O) groups is 1. The number of esters is 1. The third-order valence-electron chi connectivity index (χ3n) is 2.44. The second-order valence-electron chi connectivity index (χ2n) is 3.95. The monoisotopic (exact) mass is 273 g/mol. The van der Waals surface area contributed by atoms with Crippen molar-refractivity contribution in [3.05, 3.63) is 29.3 Å². The third kappa shape index (κ3) is 4.82. The zero-order valence-electron chi connectivity index (χ0n) is 11.0. The van der Waals surface area contributed by atoms with Gasteiger partial charge in [-0.25, -0.2) is 8.78 Å². The van der Waals surface area contributed by atoms with Gasteiger partial charge in [-0.2, -0.15) is 0 Å². The van der Waals surface area contributed by atoms with Crippen LogP contribution in [0.15, 0.2) is 12.1 Å².